The van der Waals surface area contributed by atoms with E-state index in [4.69, 9.17) is 0 Å². The van der Waals surface area contributed by atoms with Gasteiger partial charge in [0.1, 0.15) is 4.70 Å². The van der Waals surface area contributed by atoms with E-state index in [1.54, 1.807) is 0 Å². The number of aromatic nitrogens is 2. The number of nitrogens with zero attached hydrogens (tertiary/aromatic N) is 2. The zero-order chi connectivity index (χ0) is 15.5. The Balaban J connectivity index is 1.66. The maximum atomic E-state index is 12.2. The highest BCUT2D eigenvalue weighted by Crippen LogP contribution is 2.15. The van der Waals surface area contributed by atoms with Gasteiger partial charge >= 0.3 is 0 Å². The van der Waals surface area contributed by atoms with E-state index in [1.165, 1.54) is 22.2 Å². The normalized spacial score (nSPS) is 10.8. The molecule has 1 N–H and O–H groups in total. The van der Waals surface area contributed by atoms with Crippen LogP contribution in [0.4, 0.5) is 5.69 Å². The Hall–Kier alpha value is -1.99. The summed E-state index contributed by atoms with van der Waals surface area (Å²) in [5.74, 6) is -0.138. The summed E-state index contributed by atoms with van der Waals surface area (Å²) in [6.07, 6.45) is 1.71. The molecule has 7 heteroatoms. The van der Waals surface area contributed by atoms with E-state index in [0.717, 1.165) is 10.2 Å². The molecule has 3 rings (SSSR count). The van der Waals surface area contributed by atoms with Gasteiger partial charge in [-0.05, 0) is 35.7 Å². The number of amides is 1. The van der Waals surface area contributed by atoms with Crippen molar-refractivity contribution >= 4 is 49.1 Å². The number of hydrogen-bond acceptors (Lipinski definition) is 4. The second kappa shape index (κ2) is 6.41. The van der Waals surface area contributed by atoms with Crippen molar-refractivity contribution in [1.82, 2.24) is 9.55 Å². The lowest BCUT2D eigenvalue weighted by atomic mass is 10.3. The summed E-state index contributed by atoms with van der Waals surface area (Å²) in [4.78, 5) is 28.3. The molecular weight excluding hydrogens is 366 g/mol. The maximum absolute atomic E-state index is 12.2. The Labute approximate surface area is 138 Å². The predicted octanol–water partition coefficient (Wildman–Crippen LogP) is 3.25. The van der Waals surface area contributed by atoms with E-state index in [2.05, 4.69) is 26.2 Å². The van der Waals surface area contributed by atoms with Crippen molar-refractivity contribution in [3.8, 4) is 0 Å². The number of anilines is 1. The third kappa shape index (κ3) is 3.26. The largest absolute Gasteiger partial charge is 0.326 e. The fourth-order valence-electron chi connectivity index (χ4n) is 2.02. The predicted molar refractivity (Wildman–Crippen MR) is 91.3 cm³/mol. The molecule has 0 radical (unpaired) electrons. The molecule has 0 atom stereocenters. The van der Waals surface area contributed by atoms with Crippen LogP contribution < -0.4 is 10.9 Å². The van der Waals surface area contributed by atoms with Gasteiger partial charge in [0.25, 0.3) is 5.56 Å². The molecule has 0 spiro atoms. The summed E-state index contributed by atoms with van der Waals surface area (Å²) in [6, 6.07) is 9.15. The SMILES string of the molecule is O=C(CCn1cnc2ccsc2c1=O)Nc1ccc(Br)cc1. The van der Waals surface area contributed by atoms with Gasteiger partial charge in [0.2, 0.25) is 5.91 Å². The van der Waals surface area contributed by atoms with Gasteiger partial charge in [0.15, 0.2) is 0 Å². The lowest BCUT2D eigenvalue weighted by Crippen LogP contribution is -2.23. The molecule has 22 heavy (non-hydrogen) atoms. The van der Waals surface area contributed by atoms with E-state index in [0.29, 0.717) is 16.8 Å². The summed E-state index contributed by atoms with van der Waals surface area (Å²) in [7, 11) is 0. The van der Waals surface area contributed by atoms with Crippen molar-refractivity contribution in [2.75, 3.05) is 5.32 Å². The summed E-state index contributed by atoms with van der Waals surface area (Å²) < 4.78 is 3.04. The van der Waals surface area contributed by atoms with Crippen molar-refractivity contribution in [2.24, 2.45) is 0 Å². The molecule has 2 heterocycles. The topological polar surface area (TPSA) is 64.0 Å². The monoisotopic (exact) mass is 377 g/mol. The van der Waals surface area contributed by atoms with Crippen LogP contribution >= 0.6 is 27.3 Å². The molecule has 0 unspecified atom stereocenters. The number of nitrogens with one attached hydrogen (secondary N) is 1. The van der Waals surface area contributed by atoms with E-state index >= 15 is 0 Å². The zero-order valence-corrected chi connectivity index (χ0v) is 13.9. The van der Waals surface area contributed by atoms with E-state index < -0.39 is 0 Å². The van der Waals surface area contributed by atoms with E-state index in [1.807, 2.05) is 35.7 Å². The third-order valence-electron chi connectivity index (χ3n) is 3.14. The van der Waals surface area contributed by atoms with Crippen molar-refractivity contribution in [2.45, 2.75) is 13.0 Å². The second-order valence-electron chi connectivity index (χ2n) is 4.68. The molecule has 0 aliphatic heterocycles. The van der Waals surface area contributed by atoms with Crippen LogP contribution in [0.3, 0.4) is 0 Å². The number of halogens is 1. The van der Waals surface area contributed by atoms with E-state index in [9.17, 15) is 9.59 Å². The lowest BCUT2D eigenvalue weighted by Gasteiger charge is -2.07. The first-order valence-corrected chi connectivity index (χ1v) is 8.29. The van der Waals surface area contributed by atoms with Crippen LogP contribution in [0.25, 0.3) is 10.2 Å². The van der Waals surface area contributed by atoms with Crippen molar-refractivity contribution in [3.63, 3.8) is 0 Å². The first-order valence-electron chi connectivity index (χ1n) is 6.61. The standard InChI is InChI=1S/C15H12BrN3O2S/c16-10-1-3-11(4-2-10)18-13(20)5-7-19-9-17-12-6-8-22-14(12)15(19)21/h1-4,6,8-9H,5,7H2,(H,18,20). The molecule has 0 aliphatic rings. The average molecular weight is 378 g/mol. The molecule has 3 aromatic rings. The van der Waals surface area contributed by atoms with Crippen LogP contribution in [0.15, 0.2) is 51.3 Å². The van der Waals surface area contributed by atoms with Crippen LogP contribution in [-0.4, -0.2) is 15.5 Å². The molecule has 0 saturated heterocycles. The van der Waals surface area contributed by atoms with Crippen molar-refractivity contribution in [3.05, 3.63) is 56.9 Å². The van der Waals surface area contributed by atoms with E-state index in [-0.39, 0.29) is 17.9 Å². The molecule has 1 amide bonds. The zero-order valence-electron chi connectivity index (χ0n) is 11.5. The average Bonchev–Trinajstić information content (AvgIpc) is 2.98. The molecule has 0 saturated carbocycles. The minimum Gasteiger partial charge on any atom is -0.326 e. The summed E-state index contributed by atoms with van der Waals surface area (Å²) >= 11 is 4.71. The molecule has 0 aliphatic carbocycles. The van der Waals surface area contributed by atoms with Crippen LogP contribution in [0.1, 0.15) is 6.42 Å². The number of fused-ring (bicyclic) bond motifs is 1. The number of thiophene rings is 1. The van der Waals surface area contributed by atoms with Crippen LogP contribution in [0, 0.1) is 0 Å². The van der Waals surface area contributed by atoms with Crippen LogP contribution in [-0.2, 0) is 11.3 Å². The Kier molecular flexibility index (Phi) is 4.35. The molecule has 0 fully saturated rings. The quantitative estimate of drug-likeness (QED) is 0.758. The van der Waals surface area contributed by atoms with Crippen LogP contribution in [0.2, 0.25) is 0 Å². The fourth-order valence-corrected chi connectivity index (χ4v) is 3.07. The number of carbonyl (C=O) groups is 1. The lowest BCUT2D eigenvalue weighted by molar-refractivity contribution is -0.116. The van der Waals surface area contributed by atoms with Gasteiger partial charge < -0.3 is 5.32 Å². The highest BCUT2D eigenvalue weighted by molar-refractivity contribution is 9.10. The highest BCUT2D eigenvalue weighted by Gasteiger charge is 2.07. The number of aryl methyl sites for hydroxylation is 1. The van der Waals surface area contributed by atoms with Gasteiger partial charge in [-0.25, -0.2) is 4.98 Å². The first kappa shape index (κ1) is 14.9. The summed E-state index contributed by atoms with van der Waals surface area (Å²) in [6.45, 7) is 0.308. The number of benzene rings is 1. The van der Waals surface area contributed by atoms with Crippen LogP contribution in [0.5, 0.6) is 0 Å². The molecule has 0 bridgehead atoms. The Morgan fingerprint density at radius 2 is 2.05 bits per heavy atom. The summed E-state index contributed by atoms with van der Waals surface area (Å²) in [5.41, 5.74) is 1.33. The van der Waals surface area contributed by atoms with Gasteiger partial charge in [-0.15, -0.1) is 11.3 Å². The van der Waals surface area contributed by atoms with Gasteiger partial charge in [0, 0.05) is 23.1 Å². The minimum atomic E-state index is -0.138. The molecule has 2 aromatic heterocycles. The third-order valence-corrected chi connectivity index (χ3v) is 4.56. The molecule has 112 valence electrons. The highest BCUT2D eigenvalue weighted by atomic mass is 79.9. The molecule has 1 aromatic carbocycles. The maximum Gasteiger partial charge on any atom is 0.271 e. The Bertz CT molecular complexity index is 870. The number of carbonyl (C=O) groups excluding carboxylic acids is 1. The Morgan fingerprint density at radius 1 is 1.27 bits per heavy atom. The molecular formula is C15H12BrN3O2S. The second-order valence-corrected chi connectivity index (χ2v) is 6.51. The van der Waals surface area contributed by atoms with Crippen molar-refractivity contribution < 1.29 is 4.79 Å². The van der Waals surface area contributed by atoms with Gasteiger partial charge in [-0.2, -0.15) is 0 Å². The number of rotatable bonds is 4. The fraction of sp³-hybridized carbons (Fsp3) is 0.133. The first-order chi connectivity index (χ1) is 10.6. The van der Waals surface area contributed by atoms with Gasteiger partial charge in [-0.1, -0.05) is 15.9 Å². The molecule has 5 nitrogen and oxygen atoms in total. The number of hydrogen-bond donors (Lipinski definition) is 1. The Morgan fingerprint density at radius 3 is 2.82 bits per heavy atom. The van der Waals surface area contributed by atoms with Gasteiger partial charge in [0.05, 0.1) is 11.8 Å². The van der Waals surface area contributed by atoms with Gasteiger partial charge in [-0.3, -0.25) is 14.2 Å². The smallest absolute Gasteiger partial charge is 0.271 e. The minimum absolute atomic E-state index is 0.101. The summed E-state index contributed by atoms with van der Waals surface area (Å²) in [5, 5.41) is 4.64. The van der Waals surface area contributed by atoms with Crippen molar-refractivity contribution in [1.29, 1.82) is 0 Å².